The summed E-state index contributed by atoms with van der Waals surface area (Å²) in [5, 5.41) is 11.7. The third kappa shape index (κ3) is 3.48. The van der Waals surface area contributed by atoms with Crippen LogP contribution in [0, 0.1) is 0 Å². The van der Waals surface area contributed by atoms with Gasteiger partial charge in [-0.05, 0) is 40.3 Å². The second-order valence-corrected chi connectivity index (χ2v) is 5.71. The molecule has 0 N–H and O–H groups in total. The summed E-state index contributed by atoms with van der Waals surface area (Å²) in [6.07, 6.45) is 0. The molecule has 122 valence electrons. The van der Waals surface area contributed by atoms with E-state index < -0.39 is 0 Å². The molecule has 6 nitrogen and oxygen atoms in total. The number of tetrazole rings is 1. The number of hydrogen-bond donors (Lipinski definition) is 0. The van der Waals surface area contributed by atoms with E-state index in [-0.39, 0.29) is 18.5 Å². The maximum atomic E-state index is 12.1. The van der Waals surface area contributed by atoms with Crippen LogP contribution < -0.4 is 0 Å². The zero-order valence-corrected chi connectivity index (χ0v) is 13.6. The van der Waals surface area contributed by atoms with Crippen LogP contribution in [0.2, 0.25) is 0 Å². The van der Waals surface area contributed by atoms with E-state index in [9.17, 15) is 4.79 Å². The van der Waals surface area contributed by atoms with Gasteiger partial charge in [-0.2, -0.15) is 4.68 Å². The molecule has 0 aliphatic heterocycles. The second kappa shape index (κ2) is 7.04. The lowest BCUT2D eigenvalue weighted by Gasteiger charge is -2.08. The summed E-state index contributed by atoms with van der Waals surface area (Å²) in [5.74, 6) is 0.621. The highest BCUT2D eigenvalue weighted by Gasteiger charge is 2.13. The average molecular weight is 322 g/mol. The third-order valence-corrected chi connectivity index (χ3v) is 3.57. The molecule has 3 aromatic rings. The van der Waals surface area contributed by atoms with Gasteiger partial charge in [0.15, 0.2) is 5.82 Å². The van der Waals surface area contributed by atoms with Crippen LogP contribution in [0.15, 0.2) is 54.6 Å². The van der Waals surface area contributed by atoms with Crippen LogP contribution in [0.5, 0.6) is 0 Å². The number of carbonyl (C=O) groups excluding carboxylic acids is 1. The number of aromatic nitrogens is 4. The number of hydrogen-bond acceptors (Lipinski definition) is 5. The summed E-state index contributed by atoms with van der Waals surface area (Å²) in [5.41, 5.74) is 2.26. The van der Waals surface area contributed by atoms with Gasteiger partial charge in [-0.15, -0.1) is 5.10 Å². The zero-order valence-electron chi connectivity index (χ0n) is 13.6. The number of ether oxygens (including phenoxy) is 1. The summed E-state index contributed by atoms with van der Waals surface area (Å²) in [7, 11) is 0. The third-order valence-electron chi connectivity index (χ3n) is 3.57. The molecule has 0 atom stereocenters. The Bertz CT molecular complexity index is 811. The monoisotopic (exact) mass is 322 g/mol. The van der Waals surface area contributed by atoms with Gasteiger partial charge in [0.2, 0.25) is 0 Å². The van der Waals surface area contributed by atoms with Crippen molar-refractivity contribution in [2.45, 2.75) is 26.4 Å². The fraction of sp³-hybridized carbons (Fsp3) is 0.222. The normalized spacial score (nSPS) is 10.8. The molecule has 2 aromatic carbocycles. The molecule has 1 heterocycles. The Morgan fingerprint density at radius 1 is 1.08 bits per heavy atom. The summed E-state index contributed by atoms with van der Waals surface area (Å²) < 4.78 is 6.99. The van der Waals surface area contributed by atoms with Crippen molar-refractivity contribution in [3.63, 3.8) is 0 Å². The summed E-state index contributed by atoms with van der Waals surface area (Å²) in [4.78, 5) is 12.1. The molecule has 0 aliphatic rings. The van der Waals surface area contributed by atoms with Gasteiger partial charge in [0.25, 0.3) is 0 Å². The fourth-order valence-electron chi connectivity index (χ4n) is 2.28. The van der Waals surface area contributed by atoms with Crippen molar-refractivity contribution < 1.29 is 9.53 Å². The highest BCUT2D eigenvalue weighted by atomic mass is 16.5. The Hall–Kier alpha value is -3.02. The quantitative estimate of drug-likeness (QED) is 0.675. The number of rotatable bonds is 5. The number of esters is 1. The molecule has 0 aliphatic carbocycles. The molecule has 3 rings (SSSR count). The average Bonchev–Trinajstić information content (AvgIpc) is 3.11. The Balaban J connectivity index is 1.70. The maximum absolute atomic E-state index is 12.1. The molecule has 0 spiro atoms. The van der Waals surface area contributed by atoms with E-state index in [4.69, 9.17) is 4.74 Å². The molecule has 0 amide bonds. The van der Waals surface area contributed by atoms with E-state index in [0.29, 0.717) is 5.56 Å². The SMILES string of the molecule is CC(C)c1nnnn1-c1ccc(C(=O)OCc2ccccc2)cc1. The molecule has 0 saturated heterocycles. The molecule has 0 bridgehead atoms. The van der Waals surface area contributed by atoms with Crippen LogP contribution in [0.4, 0.5) is 0 Å². The van der Waals surface area contributed by atoms with Crippen molar-refractivity contribution in [1.82, 2.24) is 20.2 Å². The molecule has 24 heavy (non-hydrogen) atoms. The number of benzene rings is 2. The summed E-state index contributed by atoms with van der Waals surface area (Å²) in [6, 6.07) is 16.6. The molecule has 6 heteroatoms. The van der Waals surface area contributed by atoms with Gasteiger partial charge in [-0.25, -0.2) is 4.79 Å². The van der Waals surface area contributed by atoms with Gasteiger partial charge in [-0.1, -0.05) is 44.2 Å². The molecule has 0 unspecified atom stereocenters. The molecular weight excluding hydrogens is 304 g/mol. The van der Waals surface area contributed by atoms with Crippen LogP contribution in [-0.4, -0.2) is 26.2 Å². The van der Waals surface area contributed by atoms with Gasteiger partial charge in [0.05, 0.1) is 11.3 Å². The van der Waals surface area contributed by atoms with E-state index in [1.54, 1.807) is 28.9 Å². The fourth-order valence-corrected chi connectivity index (χ4v) is 2.28. The number of carbonyl (C=O) groups is 1. The minimum atomic E-state index is -0.355. The lowest BCUT2D eigenvalue weighted by atomic mass is 10.2. The molecule has 0 fully saturated rings. The van der Waals surface area contributed by atoms with Gasteiger partial charge in [-0.3, -0.25) is 0 Å². The first kappa shape index (κ1) is 15.9. The minimum Gasteiger partial charge on any atom is -0.457 e. The zero-order chi connectivity index (χ0) is 16.9. The highest BCUT2D eigenvalue weighted by Crippen LogP contribution is 2.16. The highest BCUT2D eigenvalue weighted by molar-refractivity contribution is 5.89. The molecule has 1 aromatic heterocycles. The summed E-state index contributed by atoms with van der Waals surface area (Å²) in [6.45, 7) is 4.31. The van der Waals surface area contributed by atoms with Gasteiger partial charge in [0, 0.05) is 5.92 Å². The van der Waals surface area contributed by atoms with Gasteiger partial charge in [0.1, 0.15) is 6.61 Å². The van der Waals surface area contributed by atoms with Crippen LogP contribution >= 0.6 is 0 Å². The van der Waals surface area contributed by atoms with Crippen molar-refractivity contribution in [3.05, 3.63) is 71.5 Å². The maximum Gasteiger partial charge on any atom is 0.338 e. The molecule has 0 radical (unpaired) electrons. The van der Waals surface area contributed by atoms with Crippen molar-refractivity contribution in [3.8, 4) is 5.69 Å². The predicted molar refractivity (Wildman–Crippen MR) is 88.8 cm³/mol. The standard InChI is InChI=1S/C18H18N4O2/c1-13(2)17-19-20-21-22(17)16-10-8-15(9-11-16)18(23)24-12-14-6-4-3-5-7-14/h3-11,13H,12H2,1-2H3. The van der Waals surface area contributed by atoms with Crippen molar-refractivity contribution in [1.29, 1.82) is 0 Å². The number of nitrogens with zero attached hydrogens (tertiary/aromatic N) is 4. The first-order valence-corrected chi connectivity index (χ1v) is 7.75. The van der Waals surface area contributed by atoms with E-state index in [1.807, 2.05) is 44.2 Å². The Morgan fingerprint density at radius 3 is 2.46 bits per heavy atom. The van der Waals surface area contributed by atoms with E-state index >= 15 is 0 Å². The topological polar surface area (TPSA) is 69.9 Å². The van der Waals surface area contributed by atoms with Gasteiger partial charge < -0.3 is 4.74 Å². The first-order chi connectivity index (χ1) is 11.6. The summed E-state index contributed by atoms with van der Waals surface area (Å²) >= 11 is 0. The van der Waals surface area contributed by atoms with Crippen LogP contribution in [0.3, 0.4) is 0 Å². The van der Waals surface area contributed by atoms with Crippen LogP contribution in [-0.2, 0) is 11.3 Å². The lowest BCUT2D eigenvalue weighted by Crippen LogP contribution is -2.07. The molecule has 0 saturated carbocycles. The largest absolute Gasteiger partial charge is 0.457 e. The van der Waals surface area contributed by atoms with Crippen molar-refractivity contribution >= 4 is 5.97 Å². The Kier molecular flexibility index (Phi) is 4.65. The van der Waals surface area contributed by atoms with E-state index in [0.717, 1.165) is 17.1 Å². The second-order valence-electron chi connectivity index (χ2n) is 5.71. The molecular formula is C18H18N4O2. The van der Waals surface area contributed by atoms with Crippen molar-refractivity contribution in [2.24, 2.45) is 0 Å². The Morgan fingerprint density at radius 2 is 1.79 bits per heavy atom. The predicted octanol–water partition coefficient (Wildman–Crippen LogP) is 3.14. The van der Waals surface area contributed by atoms with Crippen LogP contribution in [0.25, 0.3) is 5.69 Å². The Labute approximate surface area is 140 Å². The van der Waals surface area contributed by atoms with Gasteiger partial charge >= 0.3 is 5.97 Å². The first-order valence-electron chi connectivity index (χ1n) is 7.75. The van der Waals surface area contributed by atoms with E-state index in [1.165, 1.54) is 0 Å². The van der Waals surface area contributed by atoms with Crippen molar-refractivity contribution in [2.75, 3.05) is 0 Å². The lowest BCUT2D eigenvalue weighted by molar-refractivity contribution is 0.0472. The van der Waals surface area contributed by atoms with E-state index in [2.05, 4.69) is 15.5 Å². The smallest absolute Gasteiger partial charge is 0.338 e. The minimum absolute atomic E-state index is 0.204. The van der Waals surface area contributed by atoms with Crippen LogP contribution in [0.1, 0.15) is 41.5 Å².